The Hall–Kier alpha value is -0.0900. The molecule has 0 amide bonds. The highest BCUT2D eigenvalue weighted by molar-refractivity contribution is 6.34. The lowest BCUT2D eigenvalue weighted by Crippen LogP contribution is -2.18. The molecule has 0 saturated heterocycles. The standard InChI is InChI=1S/C8H7Cl2F2N.ClH/c9-5-1-4(2-6(10)3-5)7(13)8(11)12;/h1-3,7-8H,13H2;1H/t7-;/m1./s1. The maximum atomic E-state index is 12.2. The van der Waals surface area contributed by atoms with Gasteiger partial charge < -0.3 is 5.73 Å². The van der Waals surface area contributed by atoms with Gasteiger partial charge in [0.2, 0.25) is 0 Å². The van der Waals surface area contributed by atoms with Crippen LogP contribution in [0.1, 0.15) is 11.6 Å². The van der Waals surface area contributed by atoms with Crippen molar-refractivity contribution in [3.63, 3.8) is 0 Å². The van der Waals surface area contributed by atoms with Gasteiger partial charge in [-0.05, 0) is 23.8 Å². The van der Waals surface area contributed by atoms with Crippen molar-refractivity contribution in [3.8, 4) is 0 Å². The molecule has 1 aromatic rings. The summed E-state index contributed by atoms with van der Waals surface area (Å²) in [7, 11) is 0. The molecule has 1 atom stereocenters. The minimum absolute atomic E-state index is 0. The van der Waals surface area contributed by atoms with Crippen molar-refractivity contribution in [1.29, 1.82) is 0 Å². The molecule has 0 radical (unpaired) electrons. The first kappa shape index (κ1) is 13.9. The number of hydrogen-bond donors (Lipinski definition) is 1. The van der Waals surface area contributed by atoms with Gasteiger partial charge in [0.1, 0.15) is 0 Å². The summed E-state index contributed by atoms with van der Waals surface area (Å²) in [6.45, 7) is 0. The Morgan fingerprint density at radius 1 is 1.07 bits per heavy atom. The topological polar surface area (TPSA) is 26.0 Å². The van der Waals surface area contributed by atoms with E-state index in [-0.39, 0.29) is 18.0 Å². The van der Waals surface area contributed by atoms with E-state index in [4.69, 9.17) is 28.9 Å². The summed E-state index contributed by atoms with van der Waals surface area (Å²) >= 11 is 11.2. The van der Waals surface area contributed by atoms with Crippen LogP contribution in [0, 0.1) is 0 Å². The van der Waals surface area contributed by atoms with Crippen LogP contribution in [-0.2, 0) is 0 Å². The fourth-order valence-corrected chi connectivity index (χ4v) is 1.46. The summed E-state index contributed by atoms with van der Waals surface area (Å²) in [6.07, 6.45) is -2.62. The number of rotatable bonds is 2. The van der Waals surface area contributed by atoms with Crippen LogP contribution in [0.4, 0.5) is 8.78 Å². The van der Waals surface area contributed by atoms with Crippen LogP contribution in [0.15, 0.2) is 18.2 Å². The number of benzene rings is 1. The highest BCUT2D eigenvalue weighted by Gasteiger charge is 2.17. The smallest absolute Gasteiger partial charge is 0.257 e. The van der Waals surface area contributed by atoms with Gasteiger partial charge in [-0.1, -0.05) is 23.2 Å². The monoisotopic (exact) mass is 261 g/mol. The lowest BCUT2D eigenvalue weighted by molar-refractivity contribution is 0.116. The molecular weight excluding hydrogens is 254 g/mol. The van der Waals surface area contributed by atoms with Crippen LogP contribution in [-0.4, -0.2) is 6.43 Å². The quantitative estimate of drug-likeness (QED) is 0.864. The molecule has 1 aromatic carbocycles. The van der Waals surface area contributed by atoms with Gasteiger partial charge in [-0.3, -0.25) is 0 Å². The van der Waals surface area contributed by atoms with Crippen LogP contribution in [0.2, 0.25) is 10.0 Å². The lowest BCUT2D eigenvalue weighted by atomic mass is 10.1. The van der Waals surface area contributed by atoms with Crippen molar-refractivity contribution in [3.05, 3.63) is 33.8 Å². The van der Waals surface area contributed by atoms with Crippen LogP contribution in [0.3, 0.4) is 0 Å². The number of halogens is 5. The molecule has 80 valence electrons. The second kappa shape index (κ2) is 5.71. The number of alkyl halides is 2. The minimum atomic E-state index is -2.62. The van der Waals surface area contributed by atoms with Crippen LogP contribution >= 0.6 is 35.6 Å². The molecule has 0 unspecified atom stereocenters. The number of hydrogen-bond acceptors (Lipinski definition) is 1. The van der Waals surface area contributed by atoms with E-state index in [0.717, 1.165) is 0 Å². The van der Waals surface area contributed by atoms with E-state index in [1.165, 1.54) is 18.2 Å². The predicted molar refractivity (Wildman–Crippen MR) is 56.6 cm³/mol. The maximum absolute atomic E-state index is 12.2. The van der Waals surface area contributed by atoms with Gasteiger partial charge in [-0.25, -0.2) is 8.78 Å². The molecule has 14 heavy (non-hydrogen) atoms. The van der Waals surface area contributed by atoms with Gasteiger partial charge in [-0.15, -0.1) is 12.4 Å². The summed E-state index contributed by atoms with van der Waals surface area (Å²) in [5.74, 6) is 0. The van der Waals surface area contributed by atoms with E-state index in [1.807, 2.05) is 0 Å². The van der Waals surface area contributed by atoms with Crippen molar-refractivity contribution < 1.29 is 8.78 Å². The Balaban J connectivity index is 0.00000169. The molecule has 0 heterocycles. The Bertz CT molecular complexity index is 286. The van der Waals surface area contributed by atoms with Crippen molar-refractivity contribution >= 4 is 35.6 Å². The van der Waals surface area contributed by atoms with Crippen molar-refractivity contribution in [2.75, 3.05) is 0 Å². The van der Waals surface area contributed by atoms with Gasteiger partial charge in [-0.2, -0.15) is 0 Å². The van der Waals surface area contributed by atoms with E-state index in [9.17, 15) is 8.78 Å². The Morgan fingerprint density at radius 2 is 1.50 bits per heavy atom. The van der Waals surface area contributed by atoms with Crippen molar-refractivity contribution in [1.82, 2.24) is 0 Å². The molecule has 0 bridgehead atoms. The van der Waals surface area contributed by atoms with Gasteiger partial charge in [0.05, 0.1) is 6.04 Å². The second-order valence-corrected chi connectivity index (χ2v) is 3.44. The predicted octanol–water partition coefficient (Wildman–Crippen LogP) is 3.68. The summed E-state index contributed by atoms with van der Waals surface area (Å²) in [5.41, 5.74) is 5.45. The first-order chi connectivity index (χ1) is 6.00. The van der Waals surface area contributed by atoms with Crippen LogP contribution in [0.5, 0.6) is 0 Å². The third-order valence-electron chi connectivity index (χ3n) is 1.54. The zero-order chi connectivity index (χ0) is 10.0. The molecule has 0 aliphatic heterocycles. The molecule has 0 fully saturated rings. The largest absolute Gasteiger partial charge is 0.319 e. The van der Waals surface area contributed by atoms with Gasteiger partial charge >= 0.3 is 0 Å². The minimum Gasteiger partial charge on any atom is -0.319 e. The Labute approximate surface area is 96.6 Å². The first-order valence-electron chi connectivity index (χ1n) is 3.50. The molecule has 0 aliphatic rings. The summed E-state index contributed by atoms with van der Waals surface area (Å²) in [5, 5.41) is 0.609. The van der Waals surface area contributed by atoms with E-state index in [1.54, 1.807) is 0 Å². The van der Waals surface area contributed by atoms with Gasteiger partial charge in [0, 0.05) is 10.0 Å². The SMILES string of the molecule is Cl.N[C@H](c1cc(Cl)cc(Cl)c1)C(F)F. The number of nitrogens with two attached hydrogens (primary N) is 1. The maximum Gasteiger partial charge on any atom is 0.257 e. The summed E-state index contributed by atoms with van der Waals surface area (Å²) in [6, 6.07) is 2.88. The summed E-state index contributed by atoms with van der Waals surface area (Å²) < 4.78 is 24.3. The molecule has 0 aliphatic carbocycles. The van der Waals surface area contributed by atoms with Crippen LogP contribution in [0.25, 0.3) is 0 Å². The van der Waals surface area contributed by atoms with Crippen molar-refractivity contribution in [2.45, 2.75) is 12.5 Å². The highest BCUT2D eigenvalue weighted by atomic mass is 35.5. The molecule has 6 heteroatoms. The average molecular weight is 263 g/mol. The molecular formula is C8H8Cl3F2N. The third kappa shape index (κ3) is 3.58. The fraction of sp³-hybridized carbons (Fsp3) is 0.250. The molecule has 0 spiro atoms. The van der Waals surface area contributed by atoms with Crippen molar-refractivity contribution in [2.24, 2.45) is 5.73 Å². The fourth-order valence-electron chi connectivity index (χ4n) is 0.913. The normalized spacial score (nSPS) is 12.4. The first-order valence-corrected chi connectivity index (χ1v) is 4.26. The highest BCUT2D eigenvalue weighted by Crippen LogP contribution is 2.25. The zero-order valence-electron chi connectivity index (χ0n) is 6.88. The molecule has 1 rings (SSSR count). The Morgan fingerprint density at radius 3 is 1.86 bits per heavy atom. The zero-order valence-corrected chi connectivity index (χ0v) is 9.21. The molecule has 0 aromatic heterocycles. The van der Waals surface area contributed by atoms with Gasteiger partial charge in [0.15, 0.2) is 0 Å². The van der Waals surface area contributed by atoms with Gasteiger partial charge in [0.25, 0.3) is 6.43 Å². The van der Waals surface area contributed by atoms with Crippen LogP contribution < -0.4 is 5.73 Å². The lowest BCUT2D eigenvalue weighted by Gasteiger charge is -2.11. The molecule has 1 nitrogen and oxygen atoms in total. The second-order valence-electron chi connectivity index (χ2n) is 2.56. The van der Waals surface area contributed by atoms with E-state index < -0.39 is 12.5 Å². The van der Waals surface area contributed by atoms with E-state index in [0.29, 0.717) is 10.0 Å². The summed E-state index contributed by atoms with van der Waals surface area (Å²) in [4.78, 5) is 0. The van der Waals surface area contributed by atoms with E-state index >= 15 is 0 Å². The van der Waals surface area contributed by atoms with E-state index in [2.05, 4.69) is 0 Å². The average Bonchev–Trinajstić information content (AvgIpc) is 2.01. The third-order valence-corrected chi connectivity index (χ3v) is 1.98. The molecule has 2 N–H and O–H groups in total. The molecule has 0 saturated carbocycles. The Kier molecular flexibility index (Phi) is 5.67.